The van der Waals surface area contributed by atoms with E-state index in [4.69, 9.17) is 4.74 Å². The summed E-state index contributed by atoms with van der Waals surface area (Å²) in [5.41, 5.74) is 0. The van der Waals surface area contributed by atoms with Gasteiger partial charge in [-0.2, -0.15) is 0 Å². The van der Waals surface area contributed by atoms with E-state index in [1.165, 1.54) is 0 Å². The summed E-state index contributed by atoms with van der Waals surface area (Å²) in [5.74, 6) is 0.263. The van der Waals surface area contributed by atoms with Crippen molar-refractivity contribution in [3.63, 3.8) is 0 Å². The molecule has 1 heterocycles. The van der Waals surface area contributed by atoms with Gasteiger partial charge in [0.15, 0.2) is 6.61 Å². The Kier molecular flexibility index (Phi) is 4.18. The molecule has 5 heteroatoms. The number of β-lactam (4-membered cyclic amide) rings is 1. The summed E-state index contributed by atoms with van der Waals surface area (Å²) in [7, 11) is 0. The van der Waals surface area contributed by atoms with Crippen molar-refractivity contribution in [3.8, 4) is 5.75 Å². The Morgan fingerprint density at radius 3 is 2.84 bits per heavy atom. The van der Waals surface area contributed by atoms with E-state index in [9.17, 15) is 9.59 Å². The van der Waals surface area contributed by atoms with Crippen molar-refractivity contribution in [3.05, 3.63) is 43.0 Å². The summed E-state index contributed by atoms with van der Waals surface area (Å²) in [6.07, 6.45) is 1.66. The molecule has 1 saturated heterocycles. The van der Waals surface area contributed by atoms with Crippen LogP contribution in [0.15, 0.2) is 43.0 Å². The molecule has 0 saturated carbocycles. The van der Waals surface area contributed by atoms with Crippen LogP contribution < -0.4 is 10.1 Å². The lowest BCUT2D eigenvalue weighted by atomic mass is 10.1. The molecule has 1 aliphatic rings. The van der Waals surface area contributed by atoms with Crippen LogP contribution in [0.3, 0.4) is 0 Å². The molecule has 1 aromatic carbocycles. The maximum atomic E-state index is 11.6. The van der Waals surface area contributed by atoms with Gasteiger partial charge < -0.3 is 15.0 Å². The summed E-state index contributed by atoms with van der Waals surface area (Å²) in [5, 5.41) is 2.64. The fourth-order valence-corrected chi connectivity index (χ4v) is 1.83. The molecule has 1 N–H and O–H groups in total. The Morgan fingerprint density at radius 1 is 1.47 bits per heavy atom. The zero-order valence-electron chi connectivity index (χ0n) is 10.5. The van der Waals surface area contributed by atoms with Crippen molar-refractivity contribution in [2.75, 3.05) is 19.7 Å². The molecule has 1 aromatic rings. The van der Waals surface area contributed by atoms with E-state index >= 15 is 0 Å². The molecule has 0 bridgehead atoms. The number of ether oxygens (including phenoxy) is 1. The first-order valence-corrected chi connectivity index (χ1v) is 6.07. The van der Waals surface area contributed by atoms with E-state index in [1.54, 1.807) is 23.1 Å². The molecule has 5 nitrogen and oxygen atoms in total. The maximum absolute atomic E-state index is 11.6. The van der Waals surface area contributed by atoms with Crippen LogP contribution in [0.1, 0.15) is 0 Å². The van der Waals surface area contributed by atoms with Gasteiger partial charge in [-0.25, -0.2) is 0 Å². The highest BCUT2D eigenvalue weighted by atomic mass is 16.5. The molecule has 2 rings (SSSR count). The fraction of sp³-hybridized carbons (Fsp3) is 0.286. The monoisotopic (exact) mass is 260 g/mol. The number of nitrogens with zero attached hydrogens (tertiary/aromatic N) is 1. The summed E-state index contributed by atoms with van der Waals surface area (Å²) < 4.78 is 5.29. The molecule has 1 atom stereocenters. The van der Waals surface area contributed by atoms with Crippen molar-refractivity contribution >= 4 is 11.8 Å². The minimum Gasteiger partial charge on any atom is -0.484 e. The highest BCUT2D eigenvalue weighted by molar-refractivity contribution is 5.92. The van der Waals surface area contributed by atoms with E-state index in [0.29, 0.717) is 18.8 Å². The number of nitrogens with one attached hydrogen (secondary N) is 1. The first-order chi connectivity index (χ1) is 9.20. The topological polar surface area (TPSA) is 58.6 Å². The largest absolute Gasteiger partial charge is 0.484 e. The van der Waals surface area contributed by atoms with Gasteiger partial charge >= 0.3 is 0 Å². The van der Waals surface area contributed by atoms with E-state index < -0.39 is 6.04 Å². The molecule has 0 spiro atoms. The van der Waals surface area contributed by atoms with Gasteiger partial charge in [0.1, 0.15) is 11.8 Å². The van der Waals surface area contributed by atoms with Crippen molar-refractivity contribution in [1.29, 1.82) is 0 Å². The second-order valence-electron chi connectivity index (χ2n) is 4.25. The fourth-order valence-electron chi connectivity index (χ4n) is 1.83. The molecule has 0 aliphatic carbocycles. The molecule has 2 amide bonds. The average molecular weight is 260 g/mol. The van der Waals surface area contributed by atoms with E-state index in [0.717, 1.165) is 0 Å². The number of hydrogen-bond donors (Lipinski definition) is 1. The minimum absolute atomic E-state index is 0.0760. The van der Waals surface area contributed by atoms with Gasteiger partial charge in [0.2, 0.25) is 5.91 Å². The Morgan fingerprint density at radius 2 is 2.21 bits per heavy atom. The lowest BCUT2D eigenvalue weighted by molar-refractivity contribution is -0.146. The van der Waals surface area contributed by atoms with Crippen molar-refractivity contribution in [1.82, 2.24) is 10.2 Å². The molecule has 1 aliphatic heterocycles. The zero-order chi connectivity index (χ0) is 13.7. The Labute approximate surface area is 111 Å². The van der Waals surface area contributed by atoms with Crippen LogP contribution >= 0.6 is 0 Å². The highest BCUT2D eigenvalue weighted by Gasteiger charge is 2.36. The van der Waals surface area contributed by atoms with Gasteiger partial charge in [0.05, 0.1) is 6.54 Å². The predicted octanol–water partition coefficient (Wildman–Crippen LogP) is 0.578. The number of amides is 2. The van der Waals surface area contributed by atoms with Gasteiger partial charge in [-0.1, -0.05) is 24.3 Å². The van der Waals surface area contributed by atoms with Crippen LogP contribution in [0, 0.1) is 0 Å². The summed E-state index contributed by atoms with van der Waals surface area (Å²) in [6, 6.07) is 8.65. The van der Waals surface area contributed by atoms with Crippen molar-refractivity contribution < 1.29 is 14.3 Å². The van der Waals surface area contributed by atoms with Crippen LogP contribution in [0.25, 0.3) is 0 Å². The number of likely N-dealkylation sites (tertiary alicyclic amines) is 1. The molecular weight excluding hydrogens is 244 g/mol. The summed E-state index contributed by atoms with van der Waals surface area (Å²) >= 11 is 0. The van der Waals surface area contributed by atoms with Crippen molar-refractivity contribution in [2.24, 2.45) is 0 Å². The number of para-hydroxylation sites is 1. The summed E-state index contributed by atoms with van der Waals surface area (Å²) in [6.45, 7) is 4.53. The van der Waals surface area contributed by atoms with Crippen LogP contribution in [-0.2, 0) is 9.59 Å². The molecule has 1 fully saturated rings. The lowest BCUT2D eigenvalue weighted by Gasteiger charge is -2.37. The van der Waals surface area contributed by atoms with Crippen LogP contribution in [0.4, 0.5) is 0 Å². The van der Waals surface area contributed by atoms with Gasteiger partial charge in [0.25, 0.3) is 5.91 Å². The van der Waals surface area contributed by atoms with Gasteiger partial charge in [-0.3, -0.25) is 9.59 Å². The average Bonchev–Trinajstić information content (AvgIpc) is 2.45. The number of hydrogen-bond acceptors (Lipinski definition) is 3. The first-order valence-electron chi connectivity index (χ1n) is 6.07. The van der Waals surface area contributed by atoms with Crippen LogP contribution in [-0.4, -0.2) is 42.5 Å². The smallest absolute Gasteiger partial charge is 0.258 e. The van der Waals surface area contributed by atoms with Crippen LogP contribution in [0.2, 0.25) is 0 Å². The molecule has 0 aromatic heterocycles. The maximum Gasteiger partial charge on any atom is 0.258 e. The third-order valence-electron chi connectivity index (χ3n) is 2.81. The number of carbonyl (C=O) groups is 2. The zero-order valence-corrected chi connectivity index (χ0v) is 10.5. The Hall–Kier alpha value is -2.30. The van der Waals surface area contributed by atoms with E-state index in [-0.39, 0.29) is 18.4 Å². The Bertz CT molecular complexity index is 473. The second kappa shape index (κ2) is 6.04. The number of carbonyl (C=O) groups excluding carboxylic acids is 2. The quantitative estimate of drug-likeness (QED) is 0.601. The second-order valence-corrected chi connectivity index (χ2v) is 4.25. The molecule has 19 heavy (non-hydrogen) atoms. The SMILES string of the molecule is C=CCN1CC(NC(=O)COc2ccccc2)C1=O. The standard InChI is InChI=1S/C14H16N2O3/c1-2-8-16-9-12(14(16)18)15-13(17)10-19-11-6-4-3-5-7-11/h2-7,12H,1,8-10H2,(H,15,17). The third-order valence-corrected chi connectivity index (χ3v) is 2.81. The van der Waals surface area contributed by atoms with E-state index in [1.807, 2.05) is 18.2 Å². The normalized spacial score (nSPS) is 17.6. The summed E-state index contributed by atoms with van der Waals surface area (Å²) in [4.78, 5) is 24.8. The molecule has 100 valence electrons. The van der Waals surface area contributed by atoms with Crippen LogP contribution in [0.5, 0.6) is 5.75 Å². The molecule has 1 unspecified atom stereocenters. The molecule has 0 radical (unpaired) electrons. The van der Waals surface area contributed by atoms with Crippen molar-refractivity contribution in [2.45, 2.75) is 6.04 Å². The third kappa shape index (κ3) is 3.34. The predicted molar refractivity (Wildman–Crippen MR) is 70.6 cm³/mol. The number of rotatable bonds is 6. The van der Waals surface area contributed by atoms with Gasteiger partial charge in [-0.15, -0.1) is 6.58 Å². The first kappa shape index (κ1) is 13.1. The van der Waals surface area contributed by atoms with Gasteiger partial charge in [-0.05, 0) is 12.1 Å². The van der Waals surface area contributed by atoms with Gasteiger partial charge in [0, 0.05) is 6.54 Å². The highest BCUT2D eigenvalue weighted by Crippen LogP contribution is 2.10. The van der Waals surface area contributed by atoms with E-state index in [2.05, 4.69) is 11.9 Å². The molecular formula is C14H16N2O3. The lowest BCUT2D eigenvalue weighted by Crippen LogP contribution is -2.64. The minimum atomic E-state index is -0.424. The number of benzene rings is 1. The Balaban J connectivity index is 1.71.